The SMILES string of the molecule is CON(C)C(=O)C=Cc1cccc(Br)n1. The van der Waals surface area contributed by atoms with Crippen molar-refractivity contribution in [2.45, 2.75) is 0 Å². The van der Waals surface area contributed by atoms with E-state index in [2.05, 4.69) is 20.9 Å². The summed E-state index contributed by atoms with van der Waals surface area (Å²) >= 11 is 3.25. The molecule has 0 N–H and O–H groups in total. The highest BCUT2D eigenvalue weighted by atomic mass is 79.9. The number of hydroxylamine groups is 2. The van der Waals surface area contributed by atoms with Crippen LogP contribution < -0.4 is 0 Å². The maximum atomic E-state index is 11.3. The van der Waals surface area contributed by atoms with Gasteiger partial charge in [0, 0.05) is 13.1 Å². The zero-order valence-electron chi connectivity index (χ0n) is 8.48. The van der Waals surface area contributed by atoms with Crippen LogP contribution in [-0.2, 0) is 9.63 Å². The molecule has 0 bridgehead atoms. The summed E-state index contributed by atoms with van der Waals surface area (Å²) in [6.45, 7) is 0. The van der Waals surface area contributed by atoms with Gasteiger partial charge in [0.15, 0.2) is 0 Å². The maximum Gasteiger partial charge on any atom is 0.269 e. The lowest BCUT2D eigenvalue weighted by atomic mass is 10.3. The van der Waals surface area contributed by atoms with E-state index in [0.717, 1.165) is 9.67 Å². The molecule has 0 aliphatic carbocycles. The Kier molecular flexibility index (Phi) is 4.45. The van der Waals surface area contributed by atoms with Crippen molar-refractivity contribution >= 4 is 27.9 Å². The van der Waals surface area contributed by atoms with Crippen molar-refractivity contribution < 1.29 is 9.63 Å². The van der Waals surface area contributed by atoms with Crippen molar-refractivity contribution in [2.75, 3.05) is 14.2 Å². The number of amides is 1. The van der Waals surface area contributed by atoms with Crippen LogP contribution >= 0.6 is 15.9 Å². The largest absolute Gasteiger partial charge is 0.274 e. The molecule has 0 saturated carbocycles. The summed E-state index contributed by atoms with van der Waals surface area (Å²) in [5.74, 6) is -0.237. The Morgan fingerprint density at radius 3 is 2.93 bits per heavy atom. The molecule has 0 atom stereocenters. The van der Waals surface area contributed by atoms with E-state index in [-0.39, 0.29) is 5.91 Å². The standard InChI is InChI=1S/C10H11BrN2O2/c1-13(15-2)10(14)7-6-8-4-3-5-9(11)12-8/h3-7H,1-2H3. The quantitative estimate of drug-likeness (QED) is 0.479. The molecular formula is C10H11BrN2O2. The average molecular weight is 271 g/mol. The van der Waals surface area contributed by atoms with E-state index < -0.39 is 0 Å². The van der Waals surface area contributed by atoms with Gasteiger partial charge >= 0.3 is 0 Å². The Morgan fingerprint density at radius 2 is 2.33 bits per heavy atom. The highest BCUT2D eigenvalue weighted by molar-refractivity contribution is 9.10. The first-order valence-corrected chi connectivity index (χ1v) is 5.05. The molecule has 0 spiro atoms. The summed E-state index contributed by atoms with van der Waals surface area (Å²) in [7, 11) is 2.98. The Labute approximate surface area is 96.6 Å². The summed E-state index contributed by atoms with van der Waals surface area (Å²) in [5.41, 5.74) is 0.710. The lowest BCUT2D eigenvalue weighted by Crippen LogP contribution is -2.22. The molecule has 0 saturated heterocycles. The van der Waals surface area contributed by atoms with E-state index in [9.17, 15) is 4.79 Å². The molecule has 1 aromatic heterocycles. The van der Waals surface area contributed by atoms with Gasteiger partial charge in [-0.25, -0.2) is 10.0 Å². The summed E-state index contributed by atoms with van der Waals surface area (Å²) in [6, 6.07) is 5.48. The van der Waals surface area contributed by atoms with Crippen LogP contribution in [0.2, 0.25) is 0 Å². The fraction of sp³-hybridized carbons (Fsp3) is 0.200. The zero-order chi connectivity index (χ0) is 11.3. The van der Waals surface area contributed by atoms with Crippen LogP contribution in [0.1, 0.15) is 5.69 Å². The highest BCUT2D eigenvalue weighted by Crippen LogP contribution is 2.07. The second kappa shape index (κ2) is 5.63. The number of hydrogen-bond acceptors (Lipinski definition) is 3. The van der Waals surface area contributed by atoms with E-state index in [1.807, 2.05) is 12.1 Å². The summed E-state index contributed by atoms with van der Waals surface area (Å²) in [4.78, 5) is 20.2. The molecule has 80 valence electrons. The highest BCUT2D eigenvalue weighted by Gasteiger charge is 2.01. The molecule has 1 aromatic rings. The molecular weight excluding hydrogens is 260 g/mol. The van der Waals surface area contributed by atoms with Gasteiger partial charge in [-0.2, -0.15) is 0 Å². The Hall–Kier alpha value is -1.20. The summed E-state index contributed by atoms with van der Waals surface area (Å²) in [5, 5.41) is 1.13. The molecule has 0 unspecified atom stereocenters. The fourth-order valence-electron chi connectivity index (χ4n) is 0.868. The summed E-state index contributed by atoms with van der Waals surface area (Å²) in [6.07, 6.45) is 3.03. The van der Waals surface area contributed by atoms with Gasteiger partial charge in [-0.05, 0) is 34.1 Å². The number of pyridine rings is 1. The molecule has 1 heterocycles. The van der Waals surface area contributed by atoms with Gasteiger partial charge in [-0.15, -0.1) is 0 Å². The number of rotatable bonds is 3. The molecule has 0 aliphatic heterocycles. The van der Waals surface area contributed by atoms with E-state index in [1.54, 1.807) is 19.2 Å². The van der Waals surface area contributed by atoms with Gasteiger partial charge in [0.2, 0.25) is 0 Å². The van der Waals surface area contributed by atoms with Crippen LogP contribution in [0.5, 0.6) is 0 Å². The second-order valence-electron chi connectivity index (χ2n) is 2.74. The van der Waals surface area contributed by atoms with Gasteiger partial charge in [0.05, 0.1) is 12.8 Å². The van der Waals surface area contributed by atoms with Crippen molar-refractivity contribution in [1.29, 1.82) is 0 Å². The third-order valence-corrected chi connectivity index (χ3v) is 2.16. The minimum absolute atomic E-state index is 0.237. The molecule has 4 nitrogen and oxygen atoms in total. The van der Waals surface area contributed by atoms with Crippen LogP contribution in [0, 0.1) is 0 Å². The van der Waals surface area contributed by atoms with Crippen LogP contribution in [0.15, 0.2) is 28.9 Å². The second-order valence-corrected chi connectivity index (χ2v) is 3.55. The lowest BCUT2D eigenvalue weighted by molar-refractivity contribution is -0.162. The molecule has 15 heavy (non-hydrogen) atoms. The Morgan fingerprint density at radius 1 is 1.60 bits per heavy atom. The van der Waals surface area contributed by atoms with Gasteiger partial charge in [-0.3, -0.25) is 9.63 Å². The van der Waals surface area contributed by atoms with Gasteiger partial charge < -0.3 is 0 Å². The molecule has 0 radical (unpaired) electrons. The van der Waals surface area contributed by atoms with Crippen molar-refractivity contribution in [3.8, 4) is 0 Å². The Bertz CT molecular complexity index is 379. The minimum Gasteiger partial charge on any atom is -0.274 e. The number of carbonyl (C=O) groups is 1. The van der Waals surface area contributed by atoms with Crippen molar-refractivity contribution in [3.05, 3.63) is 34.6 Å². The normalized spacial score (nSPS) is 10.6. The van der Waals surface area contributed by atoms with E-state index in [0.29, 0.717) is 5.69 Å². The monoisotopic (exact) mass is 270 g/mol. The number of carbonyl (C=O) groups excluding carboxylic acids is 1. The van der Waals surface area contributed by atoms with E-state index in [1.165, 1.54) is 13.2 Å². The molecule has 0 aliphatic rings. The summed E-state index contributed by atoms with van der Waals surface area (Å²) < 4.78 is 0.734. The molecule has 0 fully saturated rings. The van der Waals surface area contributed by atoms with Crippen molar-refractivity contribution in [1.82, 2.24) is 10.0 Å². The first kappa shape index (κ1) is 11.9. The predicted molar refractivity (Wildman–Crippen MR) is 60.8 cm³/mol. The molecule has 0 aromatic carbocycles. The van der Waals surface area contributed by atoms with Crippen LogP contribution in [0.4, 0.5) is 0 Å². The topological polar surface area (TPSA) is 42.4 Å². The number of aromatic nitrogens is 1. The minimum atomic E-state index is -0.237. The van der Waals surface area contributed by atoms with Gasteiger partial charge in [-0.1, -0.05) is 6.07 Å². The fourth-order valence-corrected chi connectivity index (χ4v) is 1.23. The molecule has 1 rings (SSSR count). The van der Waals surface area contributed by atoms with Gasteiger partial charge in [0.1, 0.15) is 4.60 Å². The molecule has 5 heteroatoms. The zero-order valence-corrected chi connectivity index (χ0v) is 10.1. The van der Waals surface area contributed by atoms with Crippen LogP contribution in [0.3, 0.4) is 0 Å². The van der Waals surface area contributed by atoms with Crippen molar-refractivity contribution in [2.24, 2.45) is 0 Å². The third kappa shape index (κ3) is 3.81. The van der Waals surface area contributed by atoms with Crippen molar-refractivity contribution in [3.63, 3.8) is 0 Å². The average Bonchev–Trinajstić information content (AvgIpc) is 2.25. The first-order valence-electron chi connectivity index (χ1n) is 4.26. The van der Waals surface area contributed by atoms with E-state index >= 15 is 0 Å². The van der Waals surface area contributed by atoms with Crippen LogP contribution in [0.25, 0.3) is 6.08 Å². The Balaban J connectivity index is 2.69. The predicted octanol–water partition coefficient (Wildman–Crippen LogP) is 1.88. The number of hydrogen-bond donors (Lipinski definition) is 0. The van der Waals surface area contributed by atoms with Crippen LogP contribution in [-0.4, -0.2) is 30.1 Å². The number of likely N-dealkylation sites (N-methyl/N-ethyl adjacent to an activating group) is 1. The smallest absolute Gasteiger partial charge is 0.269 e. The number of nitrogens with zero attached hydrogens (tertiary/aromatic N) is 2. The number of halogens is 1. The van der Waals surface area contributed by atoms with Gasteiger partial charge in [0.25, 0.3) is 5.91 Å². The molecule has 1 amide bonds. The maximum absolute atomic E-state index is 11.3. The third-order valence-electron chi connectivity index (χ3n) is 1.72. The lowest BCUT2D eigenvalue weighted by Gasteiger charge is -2.09. The van der Waals surface area contributed by atoms with E-state index in [4.69, 9.17) is 4.84 Å². The first-order chi connectivity index (χ1) is 7.13.